The van der Waals surface area contributed by atoms with Gasteiger partial charge in [-0.25, -0.2) is 4.99 Å². The molecule has 28 heavy (non-hydrogen) atoms. The van der Waals surface area contributed by atoms with Crippen LogP contribution >= 0.6 is 0 Å². The largest absolute Gasteiger partial charge is 0.370 e. The van der Waals surface area contributed by atoms with E-state index < -0.39 is 11.8 Å². The quantitative estimate of drug-likeness (QED) is 0.601. The van der Waals surface area contributed by atoms with E-state index in [4.69, 9.17) is 4.99 Å². The van der Waals surface area contributed by atoms with Crippen LogP contribution < -0.4 is 5.32 Å². The number of hydrogen-bond donors (Lipinski definition) is 1. The normalized spacial score (nSPS) is 13.8. The summed E-state index contributed by atoms with van der Waals surface area (Å²) in [4.78, 5) is 4.74. The molecule has 142 valence electrons. The highest BCUT2D eigenvalue weighted by molar-refractivity contribution is 6.14. The molecule has 0 unspecified atom stereocenters. The zero-order valence-corrected chi connectivity index (χ0v) is 15.4. The lowest BCUT2D eigenvalue weighted by Crippen LogP contribution is -2.19. The SMILES string of the molecule is CNc1nnc(C(F)(F)C2CC2)cc1N=C(c1ccccc1)c1ccccc1. The Bertz CT molecular complexity index is 942. The molecule has 1 fully saturated rings. The van der Waals surface area contributed by atoms with Crippen molar-refractivity contribution in [2.75, 3.05) is 12.4 Å². The summed E-state index contributed by atoms with van der Waals surface area (Å²) < 4.78 is 29.1. The van der Waals surface area contributed by atoms with Crippen molar-refractivity contribution in [3.05, 3.63) is 83.6 Å². The van der Waals surface area contributed by atoms with Gasteiger partial charge in [0.15, 0.2) is 5.82 Å². The molecule has 1 saturated carbocycles. The average molecular weight is 378 g/mol. The van der Waals surface area contributed by atoms with Gasteiger partial charge in [-0.2, -0.15) is 8.78 Å². The smallest absolute Gasteiger partial charge is 0.294 e. The molecule has 1 aliphatic carbocycles. The van der Waals surface area contributed by atoms with Crippen molar-refractivity contribution >= 4 is 17.2 Å². The maximum Gasteiger partial charge on any atom is 0.294 e. The number of aromatic nitrogens is 2. The van der Waals surface area contributed by atoms with Crippen LogP contribution in [0.2, 0.25) is 0 Å². The van der Waals surface area contributed by atoms with Crippen LogP contribution in [0.15, 0.2) is 71.7 Å². The summed E-state index contributed by atoms with van der Waals surface area (Å²) in [7, 11) is 1.67. The number of benzene rings is 2. The van der Waals surface area contributed by atoms with Gasteiger partial charge in [-0.3, -0.25) is 0 Å². The molecule has 0 aliphatic heterocycles. The third-order valence-electron chi connectivity index (χ3n) is 4.77. The van der Waals surface area contributed by atoms with Gasteiger partial charge in [0.1, 0.15) is 11.4 Å². The Morgan fingerprint density at radius 2 is 1.54 bits per heavy atom. The van der Waals surface area contributed by atoms with Gasteiger partial charge in [-0.05, 0) is 18.9 Å². The first-order valence-corrected chi connectivity index (χ1v) is 9.23. The first kappa shape index (κ1) is 18.2. The highest BCUT2D eigenvalue weighted by atomic mass is 19.3. The van der Waals surface area contributed by atoms with Gasteiger partial charge in [0, 0.05) is 24.1 Å². The second-order valence-corrected chi connectivity index (χ2v) is 6.80. The number of rotatable bonds is 6. The number of aliphatic imine (C=N–C) groups is 1. The number of nitrogens with one attached hydrogen (secondary N) is 1. The Labute approximate surface area is 162 Å². The summed E-state index contributed by atoms with van der Waals surface area (Å²) in [5.41, 5.74) is 2.49. The average Bonchev–Trinajstić information content (AvgIpc) is 3.59. The molecule has 6 heteroatoms. The van der Waals surface area contributed by atoms with Crippen LogP contribution in [0.4, 0.5) is 20.3 Å². The zero-order chi connectivity index (χ0) is 19.6. The minimum atomic E-state index is -2.98. The first-order valence-electron chi connectivity index (χ1n) is 9.23. The van der Waals surface area contributed by atoms with Crippen molar-refractivity contribution in [2.45, 2.75) is 18.8 Å². The van der Waals surface area contributed by atoms with Gasteiger partial charge >= 0.3 is 0 Å². The molecule has 0 spiro atoms. The molecule has 4 rings (SSSR count). The number of alkyl halides is 2. The second kappa shape index (κ2) is 7.46. The minimum Gasteiger partial charge on any atom is -0.370 e. The standard InChI is InChI=1S/C22H20F2N4/c1-25-21-18(14-19(27-28-21)22(23,24)17-12-13-17)26-20(15-8-4-2-5-9-15)16-10-6-3-7-11-16/h2-11,14,17H,12-13H2,1H3,(H,25,28). The summed E-state index contributed by atoms with van der Waals surface area (Å²) in [6.07, 6.45) is 1.03. The van der Waals surface area contributed by atoms with Gasteiger partial charge in [0.25, 0.3) is 5.92 Å². The van der Waals surface area contributed by atoms with Gasteiger partial charge in [0.2, 0.25) is 0 Å². The maximum atomic E-state index is 14.6. The molecule has 1 aromatic heterocycles. The molecule has 1 N–H and O–H groups in total. The fourth-order valence-electron chi connectivity index (χ4n) is 3.07. The van der Waals surface area contributed by atoms with Gasteiger partial charge in [-0.1, -0.05) is 60.7 Å². The van der Waals surface area contributed by atoms with E-state index >= 15 is 0 Å². The molecule has 0 bridgehead atoms. The van der Waals surface area contributed by atoms with Crippen molar-refractivity contribution in [1.29, 1.82) is 0 Å². The lowest BCUT2D eigenvalue weighted by Gasteiger charge is -2.16. The zero-order valence-electron chi connectivity index (χ0n) is 15.4. The van der Waals surface area contributed by atoms with E-state index in [-0.39, 0.29) is 5.69 Å². The molecule has 0 saturated heterocycles. The summed E-state index contributed by atoms with van der Waals surface area (Å²) in [5, 5.41) is 10.6. The maximum absolute atomic E-state index is 14.6. The van der Waals surface area contributed by atoms with Crippen molar-refractivity contribution in [1.82, 2.24) is 10.2 Å². The van der Waals surface area contributed by atoms with E-state index in [2.05, 4.69) is 15.5 Å². The molecule has 4 nitrogen and oxygen atoms in total. The second-order valence-electron chi connectivity index (χ2n) is 6.80. The van der Waals surface area contributed by atoms with Crippen molar-refractivity contribution in [2.24, 2.45) is 10.9 Å². The predicted molar refractivity (Wildman–Crippen MR) is 106 cm³/mol. The van der Waals surface area contributed by atoms with Crippen LogP contribution in [-0.4, -0.2) is 23.0 Å². The van der Waals surface area contributed by atoms with E-state index in [9.17, 15) is 8.78 Å². The molecule has 1 aliphatic rings. The third kappa shape index (κ3) is 3.63. The van der Waals surface area contributed by atoms with E-state index in [1.807, 2.05) is 60.7 Å². The Kier molecular flexibility index (Phi) is 4.86. The van der Waals surface area contributed by atoms with E-state index in [1.54, 1.807) is 7.05 Å². The fourth-order valence-corrected chi connectivity index (χ4v) is 3.07. The lowest BCUT2D eigenvalue weighted by atomic mass is 10.0. The van der Waals surface area contributed by atoms with Gasteiger partial charge < -0.3 is 5.32 Å². The Balaban J connectivity index is 1.86. The Morgan fingerprint density at radius 1 is 0.964 bits per heavy atom. The molecular formula is C22H20F2N4. The number of halogens is 2. The molecule has 2 aromatic carbocycles. The minimum absolute atomic E-state index is 0.326. The third-order valence-corrected chi connectivity index (χ3v) is 4.77. The highest BCUT2D eigenvalue weighted by Crippen LogP contribution is 2.49. The van der Waals surface area contributed by atoms with Gasteiger partial charge in [-0.15, -0.1) is 10.2 Å². The molecule has 0 radical (unpaired) electrons. The monoisotopic (exact) mass is 378 g/mol. The topological polar surface area (TPSA) is 50.2 Å². The molecule has 1 heterocycles. The molecule has 0 atom stereocenters. The van der Waals surface area contributed by atoms with Crippen LogP contribution in [0.1, 0.15) is 29.7 Å². The summed E-state index contributed by atoms with van der Waals surface area (Å²) in [5.74, 6) is -3.27. The first-order chi connectivity index (χ1) is 13.6. The van der Waals surface area contributed by atoms with Crippen molar-refractivity contribution in [3.8, 4) is 0 Å². The highest BCUT2D eigenvalue weighted by Gasteiger charge is 2.49. The van der Waals surface area contributed by atoms with Crippen molar-refractivity contribution in [3.63, 3.8) is 0 Å². The Morgan fingerprint density at radius 3 is 2.04 bits per heavy atom. The van der Waals surface area contributed by atoms with Crippen LogP contribution in [0.25, 0.3) is 0 Å². The van der Waals surface area contributed by atoms with Crippen LogP contribution in [0.5, 0.6) is 0 Å². The summed E-state index contributed by atoms with van der Waals surface area (Å²) >= 11 is 0. The molecular weight excluding hydrogens is 358 g/mol. The van der Waals surface area contributed by atoms with Crippen molar-refractivity contribution < 1.29 is 8.78 Å². The molecule has 0 amide bonds. The lowest BCUT2D eigenvalue weighted by molar-refractivity contribution is -0.0335. The van der Waals surface area contributed by atoms with Gasteiger partial charge in [0.05, 0.1) is 5.71 Å². The summed E-state index contributed by atoms with van der Waals surface area (Å²) in [6, 6.07) is 20.7. The van der Waals surface area contributed by atoms with E-state index in [0.29, 0.717) is 30.1 Å². The van der Waals surface area contributed by atoms with Crippen LogP contribution in [0, 0.1) is 5.92 Å². The van der Waals surface area contributed by atoms with Crippen LogP contribution in [-0.2, 0) is 5.92 Å². The number of nitrogens with zero attached hydrogens (tertiary/aromatic N) is 3. The fraction of sp³-hybridized carbons (Fsp3) is 0.227. The van der Waals surface area contributed by atoms with E-state index in [1.165, 1.54) is 6.07 Å². The van der Waals surface area contributed by atoms with E-state index in [0.717, 1.165) is 11.1 Å². The van der Waals surface area contributed by atoms with Crippen LogP contribution in [0.3, 0.4) is 0 Å². The summed E-state index contributed by atoms with van der Waals surface area (Å²) in [6.45, 7) is 0. The Hall–Kier alpha value is -3.15. The predicted octanol–water partition coefficient (Wildman–Crippen LogP) is 5.19. The number of hydrogen-bond acceptors (Lipinski definition) is 4. The number of anilines is 1. The molecule has 3 aromatic rings.